The van der Waals surface area contributed by atoms with Gasteiger partial charge in [-0.1, -0.05) is 49.7 Å². The Bertz CT molecular complexity index is 903. The van der Waals surface area contributed by atoms with Crippen molar-refractivity contribution in [2.75, 3.05) is 20.1 Å². The van der Waals surface area contributed by atoms with Crippen molar-refractivity contribution in [1.29, 1.82) is 0 Å². The normalized spacial score (nSPS) is 15.7. The van der Waals surface area contributed by atoms with E-state index in [1.54, 1.807) is 7.05 Å². The minimum atomic E-state index is -0.0301. The topological polar surface area (TPSA) is 68.8 Å². The largest absolute Gasteiger partial charge is 0.352 e. The zero-order chi connectivity index (χ0) is 23.5. The SMILES string of the molecule is CCC(C)NC(=O)c1cccc(CNC(=NC)NCc2ccc(CN3CCCCC3)cc2)c1. The quantitative estimate of drug-likeness (QED) is 0.399. The van der Waals surface area contributed by atoms with E-state index in [1.165, 1.54) is 43.5 Å². The lowest BCUT2D eigenvalue weighted by molar-refractivity contribution is 0.0939. The molecular formula is C27H39N5O. The Morgan fingerprint density at radius 1 is 0.970 bits per heavy atom. The summed E-state index contributed by atoms with van der Waals surface area (Å²) in [6.45, 7) is 8.87. The van der Waals surface area contributed by atoms with Crippen LogP contribution in [0.4, 0.5) is 0 Å². The first-order valence-corrected chi connectivity index (χ1v) is 12.2. The number of rotatable bonds is 9. The van der Waals surface area contributed by atoms with Gasteiger partial charge in [0.25, 0.3) is 5.91 Å². The highest BCUT2D eigenvalue weighted by molar-refractivity contribution is 5.94. The van der Waals surface area contributed by atoms with Crippen LogP contribution in [0.25, 0.3) is 0 Å². The van der Waals surface area contributed by atoms with Gasteiger partial charge in [-0.15, -0.1) is 0 Å². The van der Waals surface area contributed by atoms with Crippen molar-refractivity contribution in [3.05, 3.63) is 70.8 Å². The molecule has 3 N–H and O–H groups in total. The molecule has 1 saturated heterocycles. The van der Waals surface area contributed by atoms with Crippen LogP contribution in [0, 0.1) is 0 Å². The fraction of sp³-hybridized carbons (Fsp3) is 0.481. The van der Waals surface area contributed by atoms with Gasteiger partial charge in [-0.3, -0.25) is 14.7 Å². The minimum Gasteiger partial charge on any atom is -0.352 e. The van der Waals surface area contributed by atoms with Crippen LogP contribution in [0.15, 0.2) is 53.5 Å². The Balaban J connectivity index is 1.46. The maximum atomic E-state index is 12.4. The highest BCUT2D eigenvalue weighted by Gasteiger charge is 2.11. The van der Waals surface area contributed by atoms with Crippen molar-refractivity contribution in [1.82, 2.24) is 20.9 Å². The molecule has 1 atom stereocenters. The molecule has 6 nitrogen and oxygen atoms in total. The third kappa shape index (κ3) is 8.21. The lowest BCUT2D eigenvalue weighted by Crippen LogP contribution is -2.36. The lowest BCUT2D eigenvalue weighted by atomic mass is 10.1. The van der Waals surface area contributed by atoms with E-state index in [1.807, 2.05) is 31.2 Å². The molecule has 0 radical (unpaired) electrons. The number of aliphatic imine (C=N–C) groups is 1. The molecule has 1 unspecified atom stereocenters. The molecule has 178 valence electrons. The number of nitrogens with one attached hydrogen (secondary N) is 3. The predicted octanol–water partition coefficient (Wildman–Crippen LogP) is 4.07. The third-order valence-corrected chi connectivity index (χ3v) is 6.20. The molecule has 1 aliphatic rings. The van der Waals surface area contributed by atoms with Gasteiger partial charge in [0.2, 0.25) is 0 Å². The number of hydrogen-bond donors (Lipinski definition) is 3. The van der Waals surface area contributed by atoms with E-state index in [0.29, 0.717) is 18.7 Å². The number of piperidine rings is 1. The summed E-state index contributed by atoms with van der Waals surface area (Å²) >= 11 is 0. The summed E-state index contributed by atoms with van der Waals surface area (Å²) < 4.78 is 0. The Hall–Kier alpha value is -2.86. The molecule has 0 spiro atoms. The Kier molecular flexibility index (Phi) is 9.76. The second-order valence-electron chi connectivity index (χ2n) is 8.92. The summed E-state index contributed by atoms with van der Waals surface area (Å²) in [6, 6.07) is 16.7. The van der Waals surface area contributed by atoms with Crippen LogP contribution in [-0.4, -0.2) is 42.9 Å². The Morgan fingerprint density at radius 2 is 1.64 bits per heavy atom. The number of amides is 1. The summed E-state index contributed by atoms with van der Waals surface area (Å²) in [5.74, 6) is 0.708. The van der Waals surface area contributed by atoms with Gasteiger partial charge in [0.05, 0.1) is 0 Å². The Morgan fingerprint density at radius 3 is 2.30 bits per heavy atom. The molecule has 0 aromatic heterocycles. The molecule has 1 fully saturated rings. The van der Waals surface area contributed by atoms with Gasteiger partial charge < -0.3 is 16.0 Å². The summed E-state index contributed by atoms with van der Waals surface area (Å²) in [5.41, 5.74) is 4.32. The molecule has 0 bridgehead atoms. The average Bonchev–Trinajstić information content (AvgIpc) is 2.85. The smallest absolute Gasteiger partial charge is 0.251 e. The van der Waals surface area contributed by atoms with Crippen LogP contribution in [0.5, 0.6) is 0 Å². The van der Waals surface area contributed by atoms with Gasteiger partial charge in [-0.05, 0) is 68.1 Å². The van der Waals surface area contributed by atoms with Crippen LogP contribution in [0.3, 0.4) is 0 Å². The number of carbonyl (C=O) groups is 1. The van der Waals surface area contributed by atoms with E-state index in [-0.39, 0.29) is 11.9 Å². The number of guanidine groups is 1. The number of benzene rings is 2. The van der Waals surface area contributed by atoms with E-state index in [9.17, 15) is 4.79 Å². The molecule has 2 aromatic rings. The summed E-state index contributed by atoms with van der Waals surface area (Å²) in [4.78, 5) is 19.3. The van der Waals surface area contributed by atoms with E-state index in [0.717, 1.165) is 24.5 Å². The Labute approximate surface area is 198 Å². The zero-order valence-electron chi connectivity index (χ0n) is 20.4. The molecule has 33 heavy (non-hydrogen) atoms. The number of likely N-dealkylation sites (tertiary alicyclic amines) is 1. The lowest BCUT2D eigenvalue weighted by Gasteiger charge is -2.26. The van der Waals surface area contributed by atoms with Crippen molar-refractivity contribution in [3.8, 4) is 0 Å². The summed E-state index contributed by atoms with van der Waals surface area (Å²) in [7, 11) is 1.77. The van der Waals surface area contributed by atoms with E-state index < -0.39 is 0 Å². The van der Waals surface area contributed by atoms with Crippen molar-refractivity contribution >= 4 is 11.9 Å². The van der Waals surface area contributed by atoms with Gasteiger partial charge in [0.15, 0.2) is 5.96 Å². The maximum absolute atomic E-state index is 12.4. The van der Waals surface area contributed by atoms with Gasteiger partial charge in [-0.2, -0.15) is 0 Å². The van der Waals surface area contributed by atoms with Gasteiger partial charge in [0, 0.05) is 38.3 Å². The van der Waals surface area contributed by atoms with Crippen molar-refractivity contribution in [3.63, 3.8) is 0 Å². The molecule has 1 aliphatic heterocycles. The fourth-order valence-electron chi connectivity index (χ4n) is 3.96. The molecule has 1 amide bonds. The monoisotopic (exact) mass is 449 g/mol. The van der Waals surface area contributed by atoms with Gasteiger partial charge in [0.1, 0.15) is 0 Å². The van der Waals surface area contributed by atoms with E-state index in [2.05, 4.69) is 57.0 Å². The first-order valence-electron chi connectivity index (χ1n) is 12.2. The van der Waals surface area contributed by atoms with Crippen molar-refractivity contribution in [2.24, 2.45) is 4.99 Å². The average molecular weight is 450 g/mol. The number of carbonyl (C=O) groups excluding carboxylic acids is 1. The van der Waals surface area contributed by atoms with Gasteiger partial charge >= 0.3 is 0 Å². The van der Waals surface area contributed by atoms with Crippen LogP contribution < -0.4 is 16.0 Å². The second kappa shape index (κ2) is 13.0. The molecule has 3 rings (SSSR count). The molecule has 0 aliphatic carbocycles. The highest BCUT2D eigenvalue weighted by Crippen LogP contribution is 2.13. The molecule has 1 heterocycles. The third-order valence-electron chi connectivity index (χ3n) is 6.20. The highest BCUT2D eigenvalue weighted by atomic mass is 16.1. The van der Waals surface area contributed by atoms with Crippen LogP contribution in [0.2, 0.25) is 0 Å². The second-order valence-corrected chi connectivity index (χ2v) is 8.92. The van der Waals surface area contributed by atoms with E-state index >= 15 is 0 Å². The number of nitrogens with zero attached hydrogens (tertiary/aromatic N) is 2. The number of hydrogen-bond acceptors (Lipinski definition) is 3. The molecular weight excluding hydrogens is 410 g/mol. The standard InChI is InChI=1S/C27H39N5O/c1-4-21(2)31-26(33)25-10-8-9-24(17-25)19-30-27(28-3)29-18-22-11-13-23(14-12-22)20-32-15-6-5-7-16-32/h8-14,17,21H,4-7,15-16,18-20H2,1-3H3,(H,31,33)(H2,28,29,30). The van der Waals surface area contributed by atoms with Crippen molar-refractivity contribution in [2.45, 2.75) is 65.2 Å². The van der Waals surface area contributed by atoms with Crippen molar-refractivity contribution < 1.29 is 4.79 Å². The molecule has 0 saturated carbocycles. The predicted molar refractivity (Wildman–Crippen MR) is 136 cm³/mol. The van der Waals surface area contributed by atoms with Crippen LogP contribution in [0.1, 0.15) is 66.6 Å². The maximum Gasteiger partial charge on any atom is 0.251 e. The van der Waals surface area contributed by atoms with Crippen LogP contribution >= 0.6 is 0 Å². The first-order chi connectivity index (χ1) is 16.1. The van der Waals surface area contributed by atoms with E-state index in [4.69, 9.17) is 0 Å². The minimum absolute atomic E-state index is 0.0301. The molecule has 6 heteroatoms. The van der Waals surface area contributed by atoms with Crippen LogP contribution in [-0.2, 0) is 19.6 Å². The summed E-state index contributed by atoms with van der Waals surface area (Å²) in [5, 5.41) is 9.73. The first kappa shape index (κ1) is 24.8. The van der Waals surface area contributed by atoms with Gasteiger partial charge in [-0.25, -0.2) is 0 Å². The zero-order valence-corrected chi connectivity index (χ0v) is 20.4. The molecule has 2 aromatic carbocycles. The summed E-state index contributed by atoms with van der Waals surface area (Å²) in [6.07, 6.45) is 4.93. The fourth-order valence-corrected chi connectivity index (χ4v) is 3.96.